The normalized spacial score (nSPS) is 10.3. The van der Waals surface area contributed by atoms with Crippen molar-refractivity contribution in [2.24, 2.45) is 5.73 Å². The molecule has 3 rings (SSSR count). The van der Waals surface area contributed by atoms with Crippen LogP contribution in [0.1, 0.15) is 41.5 Å². The number of halogens is 1. The maximum absolute atomic E-state index is 12.3. The van der Waals surface area contributed by atoms with E-state index in [1.165, 1.54) is 0 Å². The number of primary amides is 1. The number of nitrogens with two attached hydrogens (primary N) is 1. The Morgan fingerprint density at radius 3 is 1.76 bits per heavy atom. The Morgan fingerprint density at radius 2 is 1.27 bits per heavy atom. The van der Waals surface area contributed by atoms with Crippen molar-refractivity contribution in [3.63, 3.8) is 0 Å². The molecule has 0 aliphatic rings. The Bertz CT molecular complexity index is 1090. The van der Waals surface area contributed by atoms with Crippen LogP contribution in [0.5, 0.6) is 0 Å². The highest BCUT2D eigenvalue weighted by molar-refractivity contribution is 9.10. The molecule has 0 aromatic heterocycles. The molecule has 0 saturated heterocycles. The van der Waals surface area contributed by atoms with Crippen LogP contribution in [0.15, 0.2) is 83.3 Å². The first-order chi connectivity index (χ1) is 15.5. The molecule has 0 atom stereocenters. The Balaban J connectivity index is 0.000000357. The zero-order chi connectivity index (χ0) is 24.4. The molecule has 33 heavy (non-hydrogen) atoms. The first-order valence-corrected chi connectivity index (χ1v) is 10.9. The van der Waals surface area contributed by atoms with Crippen molar-refractivity contribution in [3.05, 3.63) is 94.5 Å². The van der Waals surface area contributed by atoms with Crippen LogP contribution in [0, 0.1) is 0 Å². The maximum Gasteiger partial charge on any atom is 0.412 e. The molecule has 172 valence electrons. The van der Waals surface area contributed by atoms with Gasteiger partial charge in [-0.05, 0) is 69.3 Å². The second-order valence-electron chi connectivity index (χ2n) is 7.86. The van der Waals surface area contributed by atoms with E-state index < -0.39 is 11.7 Å². The summed E-state index contributed by atoms with van der Waals surface area (Å²) in [7, 11) is 0. The summed E-state index contributed by atoms with van der Waals surface area (Å²) in [5, 5.41) is 5.44. The highest BCUT2D eigenvalue weighted by Crippen LogP contribution is 2.23. The molecule has 3 aromatic rings. The fourth-order valence-electron chi connectivity index (χ4n) is 2.51. The SMILES string of the molecule is CC(C)(C)OC(=O)Nc1ccccc1NC(=O)c1ccc(Br)cc1.NC(=O)c1ccccc1. The molecule has 0 spiro atoms. The van der Waals surface area contributed by atoms with E-state index in [2.05, 4.69) is 26.6 Å². The molecule has 0 saturated carbocycles. The van der Waals surface area contributed by atoms with Crippen molar-refractivity contribution in [1.29, 1.82) is 0 Å². The number of para-hydroxylation sites is 2. The van der Waals surface area contributed by atoms with Gasteiger partial charge in [0.25, 0.3) is 5.91 Å². The van der Waals surface area contributed by atoms with Crippen molar-refractivity contribution < 1.29 is 19.1 Å². The van der Waals surface area contributed by atoms with Gasteiger partial charge in [0.05, 0.1) is 11.4 Å². The maximum atomic E-state index is 12.3. The van der Waals surface area contributed by atoms with Gasteiger partial charge in [0.1, 0.15) is 5.60 Å². The summed E-state index contributed by atoms with van der Waals surface area (Å²) in [6, 6.07) is 22.7. The molecule has 0 fully saturated rings. The van der Waals surface area contributed by atoms with Crippen LogP contribution in [0.25, 0.3) is 0 Å². The lowest BCUT2D eigenvalue weighted by molar-refractivity contribution is 0.0635. The van der Waals surface area contributed by atoms with Crippen LogP contribution in [0.3, 0.4) is 0 Å². The first-order valence-electron chi connectivity index (χ1n) is 10.1. The molecule has 3 amide bonds. The van der Waals surface area contributed by atoms with Crippen molar-refractivity contribution in [1.82, 2.24) is 0 Å². The van der Waals surface area contributed by atoms with Gasteiger partial charge < -0.3 is 15.8 Å². The summed E-state index contributed by atoms with van der Waals surface area (Å²) >= 11 is 3.33. The van der Waals surface area contributed by atoms with Gasteiger partial charge >= 0.3 is 6.09 Å². The lowest BCUT2D eigenvalue weighted by Gasteiger charge is -2.20. The highest BCUT2D eigenvalue weighted by atomic mass is 79.9. The fourth-order valence-corrected chi connectivity index (χ4v) is 2.78. The second-order valence-corrected chi connectivity index (χ2v) is 8.78. The molecule has 7 nitrogen and oxygen atoms in total. The average molecular weight is 512 g/mol. The van der Waals surface area contributed by atoms with E-state index in [1.54, 1.807) is 93.6 Å². The summed E-state index contributed by atoms with van der Waals surface area (Å²) in [6.45, 7) is 5.36. The number of hydrogen-bond donors (Lipinski definition) is 3. The lowest BCUT2D eigenvalue weighted by Crippen LogP contribution is -2.27. The highest BCUT2D eigenvalue weighted by Gasteiger charge is 2.17. The number of rotatable bonds is 4. The van der Waals surface area contributed by atoms with E-state index in [9.17, 15) is 14.4 Å². The largest absolute Gasteiger partial charge is 0.444 e. The molecule has 8 heteroatoms. The third-order valence-electron chi connectivity index (χ3n) is 3.98. The monoisotopic (exact) mass is 511 g/mol. The predicted molar refractivity (Wildman–Crippen MR) is 133 cm³/mol. The zero-order valence-electron chi connectivity index (χ0n) is 18.6. The van der Waals surface area contributed by atoms with E-state index in [0.717, 1.165) is 4.47 Å². The van der Waals surface area contributed by atoms with Gasteiger partial charge in [0, 0.05) is 15.6 Å². The van der Waals surface area contributed by atoms with E-state index in [-0.39, 0.29) is 11.8 Å². The Morgan fingerprint density at radius 1 is 0.758 bits per heavy atom. The average Bonchev–Trinajstić information content (AvgIpc) is 2.75. The molecule has 0 aliphatic carbocycles. The van der Waals surface area contributed by atoms with E-state index >= 15 is 0 Å². The molecule has 0 bridgehead atoms. The Kier molecular flexibility index (Phi) is 9.18. The standard InChI is InChI=1S/C18H19BrN2O3.C7H7NO/c1-18(2,3)24-17(23)21-15-7-5-4-6-14(15)20-16(22)12-8-10-13(19)11-9-12;8-7(9)6-4-2-1-3-5-6/h4-11H,1-3H3,(H,20,22)(H,21,23);1-5H,(H2,8,9). The van der Waals surface area contributed by atoms with Crippen molar-refractivity contribution in [2.75, 3.05) is 10.6 Å². The molecule has 0 radical (unpaired) electrons. The summed E-state index contributed by atoms with van der Waals surface area (Å²) in [4.78, 5) is 34.7. The van der Waals surface area contributed by atoms with E-state index in [4.69, 9.17) is 10.5 Å². The molecule has 4 N–H and O–H groups in total. The number of amides is 3. The van der Waals surface area contributed by atoms with Crippen LogP contribution in [-0.4, -0.2) is 23.5 Å². The number of ether oxygens (including phenoxy) is 1. The minimum absolute atomic E-state index is 0.263. The lowest BCUT2D eigenvalue weighted by atomic mass is 10.2. The quantitative estimate of drug-likeness (QED) is 0.408. The third kappa shape index (κ3) is 9.16. The number of anilines is 2. The van der Waals surface area contributed by atoms with Crippen LogP contribution in [0.4, 0.5) is 16.2 Å². The number of hydrogen-bond acceptors (Lipinski definition) is 4. The second kappa shape index (κ2) is 11.8. The van der Waals surface area contributed by atoms with Crippen molar-refractivity contribution >= 4 is 45.2 Å². The number of nitrogens with one attached hydrogen (secondary N) is 2. The van der Waals surface area contributed by atoms with Crippen LogP contribution in [-0.2, 0) is 4.74 Å². The van der Waals surface area contributed by atoms with Crippen LogP contribution in [0.2, 0.25) is 0 Å². The Labute approximate surface area is 201 Å². The number of benzene rings is 3. The van der Waals surface area contributed by atoms with Gasteiger partial charge in [0.2, 0.25) is 5.91 Å². The molecule has 0 heterocycles. The van der Waals surface area contributed by atoms with E-state index in [1.807, 2.05) is 6.07 Å². The fraction of sp³-hybridized carbons (Fsp3) is 0.160. The summed E-state index contributed by atoms with van der Waals surface area (Å²) in [6.07, 6.45) is -0.576. The van der Waals surface area contributed by atoms with Gasteiger partial charge in [0.15, 0.2) is 0 Å². The van der Waals surface area contributed by atoms with Gasteiger partial charge in [-0.2, -0.15) is 0 Å². The minimum atomic E-state index is -0.598. The molecule has 3 aromatic carbocycles. The third-order valence-corrected chi connectivity index (χ3v) is 4.50. The molecule has 0 unspecified atom stereocenters. The van der Waals surface area contributed by atoms with Crippen molar-refractivity contribution in [3.8, 4) is 0 Å². The minimum Gasteiger partial charge on any atom is -0.444 e. The topological polar surface area (TPSA) is 111 Å². The van der Waals surface area contributed by atoms with Gasteiger partial charge in [-0.3, -0.25) is 14.9 Å². The smallest absolute Gasteiger partial charge is 0.412 e. The van der Waals surface area contributed by atoms with Crippen LogP contribution >= 0.6 is 15.9 Å². The zero-order valence-corrected chi connectivity index (χ0v) is 20.2. The number of carbonyl (C=O) groups is 3. The summed E-state index contributed by atoms with van der Waals surface area (Å²) in [5.74, 6) is -0.642. The molecule has 0 aliphatic heterocycles. The van der Waals surface area contributed by atoms with Gasteiger partial charge in [-0.15, -0.1) is 0 Å². The Hall–Kier alpha value is -3.65. The molecular weight excluding hydrogens is 486 g/mol. The number of carbonyl (C=O) groups excluding carboxylic acids is 3. The van der Waals surface area contributed by atoms with Crippen molar-refractivity contribution in [2.45, 2.75) is 26.4 Å². The van der Waals surface area contributed by atoms with Crippen LogP contribution < -0.4 is 16.4 Å². The molecular formula is C25H26BrN3O4. The first kappa shape index (κ1) is 25.6. The summed E-state index contributed by atoms with van der Waals surface area (Å²) < 4.78 is 6.13. The summed E-state index contributed by atoms with van der Waals surface area (Å²) in [5.41, 5.74) is 6.42. The van der Waals surface area contributed by atoms with E-state index in [0.29, 0.717) is 22.5 Å². The van der Waals surface area contributed by atoms with Gasteiger partial charge in [-0.25, -0.2) is 4.79 Å². The van der Waals surface area contributed by atoms with Gasteiger partial charge in [-0.1, -0.05) is 46.3 Å². The predicted octanol–water partition coefficient (Wildman–Crippen LogP) is 5.83.